The highest BCUT2D eigenvalue weighted by Crippen LogP contribution is 2.28. The molecule has 0 aliphatic carbocycles. The van der Waals surface area contributed by atoms with Gasteiger partial charge in [-0.2, -0.15) is 5.10 Å². The first-order valence-corrected chi connectivity index (χ1v) is 11.3. The number of nitrogens with one attached hydrogen (secondary N) is 1. The van der Waals surface area contributed by atoms with Gasteiger partial charge in [-0.15, -0.1) is 0 Å². The van der Waals surface area contributed by atoms with E-state index in [0.717, 1.165) is 5.56 Å². The number of nitrogens with zero attached hydrogens (tertiary/aromatic N) is 2. The van der Waals surface area contributed by atoms with Crippen LogP contribution in [0.25, 0.3) is 0 Å². The van der Waals surface area contributed by atoms with Crippen LogP contribution in [-0.4, -0.2) is 64.0 Å². The van der Waals surface area contributed by atoms with Crippen molar-refractivity contribution in [2.24, 2.45) is 11.0 Å². The zero-order valence-corrected chi connectivity index (χ0v) is 20.3. The molecule has 1 heterocycles. The molecule has 0 aromatic heterocycles. The summed E-state index contributed by atoms with van der Waals surface area (Å²) in [6.07, 6.45) is 4.31. The van der Waals surface area contributed by atoms with Gasteiger partial charge in [-0.3, -0.25) is 9.59 Å². The molecule has 2 aromatic carbocycles. The van der Waals surface area contributed by atoms with Gasteiger partial charge in [0.15, 0.2) is 11.5 Å². The number of ether oxygens (including phenoxy) is 4. The van der Waals surface area contributed by atoms with Gasteiger partial charge in [0.2, 0.25) is 5.91 Å². The first kappa shape index (κ1) is 25.6. The molecule has 186 valence electrons. The highest BCUT2D eigenvalue weighted by Gasteiger charge is 2.28. The molecule has 1 N–H and O–H groups in total. The lowest BCUT2D eigenvalue weighted by molar-refractivity contribution is -0.126. The number of amides is 2. The Hall–Kier alpha value is -4.01. The van der Waals surface area contributed by atoms with Crippen LogP contribution in [0.2, 0.25) is 0 Å². The summed E-state index contributed by atoms with van der Waals surface area (Å²) in [6, 6.07) is 10.4. The van der Waals surface area contributed by atoms with Crippen molar-refractivity contribution in [3.63, 3.8) is 0 Å². The molecule has 1 fully saturated rings. The number of carbonyl (C=O) groups is 2. The fourth-order valence-corrected chi connectivity index (χ4v) is 3.75. The topological polar surface area (TPSA) is 98.7 Å². The van der Waals surface area contributed by atoms with E-state index in [0.29, 0.717) is 61.1 Å². The number of benzene rings is 2. The predicted molar refractivity (Wildman–Crippen MR) is 133 cm³/mol. The Morgan fingerprint density at radius 1 is 1.03 bits per heavy atom. The summed E-state index contributed by atoms with van der Waals surface area (Å²) >= 11 is 0. The summed E-state index contributed by atoms with van der Waals surface area (Å²) in [6.45, 7) is 4.95. The summed E-state index contributed by atoms with van der Waals surface area (Å²) in [4.78, 5) is 27.3. The lowest BCUT2D eigenvalue weighted by Gasteiger charge is -2.31. The number of hydrogen-bond donors (Lipinski definition) is 1. The van der Waals surface area contributed by atoms with Crippen LogP contribution < -0.4 is 24.4 Å². The number of carbonyl (C=O) groups excluding carboxylic acids is 2. The maximum Gasteiger partial charge on any atom is 0.254 e. The number of methoxy groups -OCH3 is 3. The summed E-state index contributed by atoms with van der Waals surface area (Å²) in [5.41, 5.74) is 3.84. The van der Waals surface area contributed by atoms with Gasteiger partial charge in [0.05, 0.1) is 27.5 Å². The minimum absolute atomic E-state index is 0.117. The highest BCUT2D eigenvalue weighted by atomic mass is 16.5. The molecule has 2 aromatic rings. The van der Waals surface area contributed by atoms with Crippen molar-refractivity contribution in [2.75, 3.05) is 41.0 Å². The molecule has 1 aliphatic heterocycles. The smallest absolute Gasteiger partial charge is 0.254 e. The van der Waals surface area contributed by atoms with E-state index < -0.39 is 0 Å². The molecule has 0 spiro atoms. The van der Waals surface area contributed by atoms with E-state index in [1.54, 1.807) is 68.9 Å². The van der Waals surface area contributed by atoms with Crippen molar-refractivity contribution in [3.05, 3.63) is 60.2 Å². The number of rotatable bonds is 10. The normalized spacial score (nSPS) is 13.9. The van der Waals surface area contributed by atoms with Gasteiger partial charge in [-0.1, -0.05) is 12.7 Å². The summed E-state index contributed by atoms with van der Waals surface area (Å²) in [7, 11) is 4.64. The molecular weight excluding hydrogens is 450 g/mol. The first-order valence-electron chi connectivity index (χ1n) is 11.3. The first-order chi connectivity index (χ1) is 17.0. The molecule has 9 heteroatoms. The molecule has 9 nitrogen and oxygen atoms in total. The molecule has 0 bridgehead atoms. The molecule has 2 amide bonds. The number of piperidine rings is 1. The van der Waals surface area contributed by atoms with Crippen LogP contribution in [0, 0.1) is 5.92 Å². The van der Waals surface area contributed by atoms with Gasteiger partial charge >= 0.3 is 0 Å². The lowest BCUT2D eigenvalue weighted by atomic mass is 9.95. The minimum atomic E-state index is -0.222. The maximum atomic E-state index is 12.9. The zero-order valence-electron chi connectivity index (χ0n) is 20.3. The quantitative estimate of drug-likeness (QED) is 0.318. The van der Waals surface area contributed by atoms with E-state index in [1.165, 1.54) is 0 Å². The standard InChI is InChI=1S/C26H31N3O6/c1-5-12-35-23-7-6-18(13-24(23)34-4)17-27-28-25(30)19-8-10-29(11-9-19)26(31)20-14-21(32-2)16-22(15-20)33-3/h5-7,13-17,19H,1,8-12H2,2-4H3,(H,28,30)/b27-17-. The van der Waals surface area contributed by atoms with E-state index >= 15 is 0 Å². The average molecular weight is 482 g/mol. The third kappa shape index (κ3) is 6.75. The molecule has 0 saturated carbocycles. The SMILES string of the molecule is C=CCOc1ccc(/C=N\NC(=O)C2CCN(C(=O)c3cc(OC)cc(OC)c3)CC2)cc1OC. The van der Waals surface area contributed by atoms with Gasteiger partial charge in [0.1, 0.15) is 18.1 Å². The van der Waals surface area contributed by atoms with E-state index in [2.05, 4.69) is 17.1 Å². The summed E-state index contributed by atoms with van der Waals surface area (Å²) < 4.78 is 21.4. The molecular formula is C26H31N3O6. The second-order valence-electron chi connectivity index (χ2n) is 7.91. The molecule has 3 rings (SSSR count). The molecule has 1 saturated heterocycles. The third-order valence-electron chi connectivity index (χ3n) is 5.68. The van der Waals surface area contributed by atoms with E-state index in [9.17, 15) is 9.59 Å². The van der Waals surface area contributed by atoms with Gasteiger partial charge in [0, 0.05) is 30.6 Å². The zero-order chi connectivity index (χ0) is 25.2. The Labute approximate surface area is 205 Å². The maximum absolute atomic E-state index is 12.9. The van der Waals surface area contributed by atoms with E-state index in [-0.39, 0.29) is 17.7 Å². The van der Waals surface area contributed by atoms with Crippen LogP contribution in [-0.2, 0) is 4.79 Å². The van der Waals surface area contributed by atoms with E-state index in [1.807, 2.05) is 6.07 Å². The van der Waals surface area contributed by atoms with Gasteiger partial charge in [0.25, 0.3) is 5.91 Å². The largest absolute Gasteiger partial charge is 0.497 e. The van der Waals surface area contributed by atoms with Gasteiger partial charge in [-0.05, 0) is 48.7 Å². The second-order valence-corrected chi connectivity index (χ2v) is 7.91. The Bertz CT molecular complexity index is 1050. The van der Waals surface area contributed by atoms with Crippen molar-refractivity contribution in [3.8, 4) is 23.0 Å². The van der Waals surface area contributed by atoms with Crippen LogP contribution in [0.4, 0.5) is 0 Å². The molecule has 1 aliphatic rings. The van der Waals surface area contributed by atoms with Crippen LogP contribution >= 0.6 is 0 Å². The minimum Gasteiger partial charge on any atom is -0.497 e. The number of likely N-dealkylation sites (tertiary alicyclic amines) is 1. The van der Waals surface area contributed by atoms with Gasteiger partial charge in [-0.25, -0.2) is 5.43 Å². The average Bonchev–Trinajstić information content (AvgIpc) is 2.91. The molecule has 0 unspecified atom stereocenters. The highest BCUT2D eigenvalue weighted by molar-refractivity contribution is 5.95. The Morgan fingerprint density at radius 2 is 1.71 bits per heavy atom. The summed E-state index contributed by atoms with van der Waals surface area (Å²) in [5, 5.41) is 4.08. The third-order valence-corrected chi connectivity index (χ3v) is 5.68. The lowest BCUT2D eigenvalue weighted by Crippen LogP contribution is -2.42. The second kappa shape index (κ2) is 12.5. The van der Waals surface area contributed by atoms with Crippen molar-refractivity contribution in [2.45, 2.75) is 12.8 Å². The van der Waals surface area contributed by atoms with Crippen molar-refractivity contribution in [1.82, 2.24) is 10.3 Å². The number of hydrogen-bond acceptors (Lipinski definition) is 7. The molecule has 0 radical (unpaired) electrons. The van der Waals surface area contributed by atoms with Crippen molar-refractivity contribution in [1.29, 1.82) is 0 Å². The Balaban J connectivity index is 1.53. The molecule has 35 heavy (non-hydrogen) atoms. The van der Waals surface area contributed by atoms with Gasteiger partial charge < -0.3 is 23.8 Å². The fraction of sp³-hybridized carbons (Fsp3) is 0.346. The molecule has 0 atom stereocenters. The summed E-state index contributed by atoms with van der Waals surface area (Å²) in [5.74, 6) is 1.76. The Morgan fingerprint density at radius 3 is 2.31 bits per heavy atom. The van der Waals surface area contributed by atoms with Crippen LogP contribution in [0.3, 0.4) is 0 Å². The Kier molecular flexibility index (Phi) is 9.11. The van der Waals surface area contributed by atoms with Crippen LogP contribution in [0.1, 0.15) is 28.8 Å². The van der Waals surface area contributed by atoms with Crippen molar-refractivity contribution < 1.29 is 28.5 Å². The predicted octanol–water partition coefficient (Wildman–Crippen LogP) is 3.28. The van der Waals surface area contributed by atoms with Crippen molar-refractivity contribution >= 4 is 18.0 Å². The number of hydrazone groups is 1. The monoisotopic (exact) mass is 481 g/mol. The van der Waals surface area contributed by atoms with Crippen LogP contribution in [0.5, 0.6) is 23.0 Å². The fourth-order valence-electron chi connectivity index (χ4n) is 3.75. The van der Waals surface area contributed by atoms with E-state index in [4.69, 9.17) is 18.9 Å². The van der Waals surface area contributed by atoms with Crippen LogP contribution in [0.15, 0.2) is 54.2 Å².